The van der Waals surface area contributed by atoms with Crippen molar-refractivity contribution in [1.29, 1.82) is 0 Å². The first-order valence-corrected chi connectivity index (χ1v) is 10.6. The molecule has 0 radical (unpaired) electrons. The van der Waals surface area contributed by atoms with Crippen LogP contribution in [0.2, 0.25) is 0 Å². The lowest BCUT2D eigenvalue weighted by molar-refractivity contribution is -0.0387. The van der Waals surface area contributed by atoms with Gasteiger partial charge in [-0.2, -0.15) is 0 Å². The van der Waals surface area contributed by atoms with Crippen molar-refractivity contribution in [3.63, 3.8) is 0 Å². The number of aryl methyl sites for hydroxylation is 1. The smallest absolute Gasteiger partial charge is 0.318 e. The highest BCUT2D eigenvalue weighted by molar-refractivity contribution is 5.75. The Hall–Kier alpha value is -2.55. The molecule has 2 aromatic rings. The second-order valence-electron chi connectivity index (χ2n) is 8.78. The third kappa shape index (κ3) is 3.45. The Morgan fingerprint density at radius 3 is 2.73 bits per heavy atom. The van der Waals surface area contributed by atoms with E-state index >= 15 is 0 Å². The number of urea groups is 1. The monoisotopic (exact) mass is 417 g/mol. The zero-order valence-electron chi connectivity index (χ0n) is 16.7. The van der Waals surface area contributed by atoms with Crippen LogP contribution in [0.1, 0.15) is 49.3 Å². The minimum absolute atomic E-state index is 0.0959. The van der Waals surface area contributed by atoms with E-state index in [1.807, 2.05) is 4.90 Å². The van der Waals surface area contributed by atoms with Gasteiger partial charge in [0.2, 0.25) is 0 Å². The highest BCUT2D eigenvalue weighted by Gasteiger charge is 2.49. The molecular formula is C21H25F2N5O2. The lowest BCUT2D eigenvalue weighted by Crippen LogP contribution is -2.56. The predicted octanol–water partition coefficient (Wildman–Crippen LogP) is 2.31. The van der Waals surface area contributed by atoms with Crippen LogP contribution < -0.4 is 5.32 Å². The maximum Gasteiger partial charge on any atom is 0.318 e. The minimum Gasteiger partial charge on any atom is -0.389 e. The number of rotatable bonds is 4. The molecule has 2 bridgehead atoms. The number of nitrogens with one attached hydrogen (secondary N) is 1. The van der Waals surface area contributed by atoms with Gasteiger partial charge in [0.15, 0.2) is 5.82 Å². The molecule has 2 unspecified atom stereocenters. The first kappa shape index (κ1) is 19.4. The number of fused-ring (bicyclic) bond motifs is 3. The number of nitrogens with zero attached hydrogens (tertiary/aromatic N) is 4. The maximum atomic E-state index is 14.1. The molecule has 2 saturated heterocycles. The summed E-state index contributed by atoms with van der Waals surface area (Å²) in [5, 5.41) is 22.4. The lowest BCUT2D eigenvalue weighted by Gasteiger charge is -2.43. The molecule has 2 atom stereocenters. The van der Waals surface area contributed by atoms with Crippen LogP contribution in [0.5, 0.6) is 0 Å². The van der Waals surface area contributed by atoms with Crippen molar-refractivity contribution in [2.24, 2.45) is 0 Å². The zero-order valence-corrected chi connectivity index (χ0v) is 16.7. The first-order valence-electron chi connectivity index (χ1n) is 10.6. The van der Waals surface area contributed by atoms with Gasteiger partial charge in [-0.15, -0.1) is 10.2 Å². The highest BCUT2D eigenvalue weighted by Crippen LogP contribution is 2.42. The molecule has 7 nitrogen and oxygen atoms in total. The van der Waals surface area contributed by atoms with E-state index in [4.69, 9.17) is 0 Å². The van der Waals surface area contributed by atoms with Gasteiger partial charge in [0.25, 0.3) is 0 Å². The molecule has 5 rings (SSSR count). The molecule has 4 heterocycles. The average Bonchev–Trinajstić information content (AvgIpc) is 3.37. The quantitative estimate of drug-likeness (QED) is 0.800. The Bertz CT molecular complexity index is 964. The van der Waals surface area contributed by atoms with Crippen molar-refractivity contribution in [2.45, 2.75) is 75.7 Å². The Morgan fingerprint density at radius 2 is 2.00 bits per heavy atom. The fourth-order valence-electron chi connectivity index (χ4n) is 5.41. The number of carbonyl (C=O) groups excluding carboxylic acids is 1. The van der Waals surface area contributed by atoms with Crippen molar-refractivity contribution < 1.29 is 18.7 Å². The average molecular weight is 417 g/mol. The number of aromatic nitrogens is 3. The number of amides is 2. The van der Waals surface area contributed by atoms with Crippen molar-refractivity contribution in [1.82, 2.24) is 25.0 Å². The Kier molecular flexibility index (Phi) is 4.72. The number of aliphatic hydroxyl groups is 1. The van der Waals surface area contributed by atoms with E-state index in [1.165, 1.54) is 12.1 Å². The molecule has 2 N–H and O–H groups in total. The van der Waals surface area contributed by atoms with Crippen molar-refractivity contribution in [2.75, 3.05) is 0 Å². The second-order valence-corrected chi connectivity index (χ2v) is 8.78. The molecule has 2 amide bonds. The second kappa shape index (κ2) is 7.30. The summed E-state index contributed by atoms with van der Waals surface area (Å²) < 4.78 is 29.3. The topological polar surface area (TPSA) is 83.3 Å². The summed E-state index contributed by atoms with van der Waals surface area (Å²) in [5.41, 5.74) is -0.799. The molecule has 1 aromatic heterocycles. The van der Waals surface area contributed by atoms with E-state index < -0.39 is 17.2 Å². The molecule has 3 aliphatic rings. The van der Waals surface area contributed by atoms with Crippen molar-refractivity contribution in [3.05, 3.63) is 47.0 Å². The number of carbonyl (C=O) groups is 1. The van der Waals surface area contributed by atoms with Crippen molar-refractivity contribution >= 4 is 6.03 Å². The summed E-state index contributed by atoms with van der Waals surface area (Å²) in [6.45, 7) is 1.21. The van der Waals surface area contributed by atoms with E-state index in [2.05, 4.69) is 20.1 Å². The summed E-state index contributed by atoms with van der Waals surface area (Å²) >= 11 is 0. The van der Waals surface area contributed by atoms with Gasteiger partial charge in [0.1, 0.15) is 17.5 Å². The minimum atomic E-state index is -1.10. The van der Waals surface area contributed by atoms with Crippen LogP contribution in [0.4, 0.5) is 13.6 Å². The zero-order chi connectivity index (χ0) is 20.9. The molecule has 3 aliphatic heterocycles. The van der Waals surface area contributed by atoms with Gasteiger partial charge in [-0.3, -0.25) is 0 Å². The van der Waals surface area contributed by atoms with E-state index in [0.29, 0.717) is 24.9 Å². The highest BCUT2D eigenvalue weighted by atomic mass is 19.1. The summed E-state index contributed by atoms with van der Waals surface area (Å²) in [7, 11) is 0. The van der Waals surface area contributed by atoms with E-state index in [9.17, 15) is 18.7 Å². The number of hydrogen-bond acceptors (Lipinski definition) is 4. The van der Waals surface area contributed by atoms with Gasteiger partial charge in [-0.05, 0) is 43.7 Å². The molecule has 0 saturated carbocycles. The lowest BCUT2D eigenvalue weighted by atomic mass is 9.81. The third-order valence-electron chi connectivity index (χ3n) is 6.70. The summed E-state index contributed by atoms with van der Waals surface area (Å²) in [6, 6.07) is 3.09. The largest absolute Gasteiger partial charge is 0.389 e. The van der Waals surface area contributed by atoms with Crippen molar-refractivity contribution in [3.8, 4) is 0 Å². The van der Waals surface area contributed by atoms with E-state index in [1.54, 1.807) is 0 Å². The summed E-state index contributed by atoms with van der Waals surface area (Å²) in [5.74, 6) is 0.462. The van der Waals surface area contributed by atoms with Gasteiger partial charge in [-0.1, -0.05) is 6.07 Å². The fourth-order valence-corrected chi connectivity index (χ4v) is 5.41. The number of halogens is 2. The Balaban J connectivity index is 1.24. The SMILES string of the molecule is O=C(NCc1nnc2n1CCC2)N1C2CCC1CC(O)(Cc1ccc(F)cc1F)C2. The number of piperidine rings is 1. The van der Waals surface area contributed by atoms with Crippen LogP contribution in [-0.2, 0) is 25.9 Å². The molecule has 9 heteroatoms. The standard InChI is InChI=1S/C21H25F2N5O2/c22-14-4-3-13(17(23)8-14)9-21(30)10-15-5-6-16(11-21)28(15)20(29)24-12-19-26-25-18-2-1-7-27(18)19/h3-4,8,15-16,30H,1-2,5-7,9-12H2,(H,24,29). The molecule has 160 valence electrons. The number of hydrogen-bond donors (Lipinski definition) is 2. The summed E-state index contributed by atoms with van der Waals surface area (Å²) in [4.78, 5) is 14.7. The van der Waals surface area contributed by atoms with Gasteiger partial charge in [0, 0.05) is 37.5 Å². The van der Waals surface area contributed by atoms with Crippen LogP contribution in [-0.4, -0.2) is 48.5 Å². The van der Waals surface area contributed by atoms with Crippen LogP contribution in [0.25, 0.3) is 0 Å². The summed E-state index contributed by atoms with van der Waals surface area (Å²) in [6.07, 6.45) is 4.48. The fraction of sp³-hybridized carbons (Fsp3) is 0.571. The van der Waals surface area contributed by atoms with Crippen LogP contribution in [0.15, 0.2) is 18.2 Å². The first-order chi connectivity index (χ1) is 14.4. The Morgan fingerprint density at radius 1 is 1.23 bits per heavy atom. The molecule has 1 aromatic carbocycles. The maximum absolute atomic E-state index is 14.1. The molecule has 30 heavy (non-hydrogen) atoms. The predicted molar refractivity (Wildman–Crippen MR) is 103 cm³/mol. The Labute approximate surface area is 173 Å². The van der Waals surface area contributed by atoms with E-state index in [-0.39, 0.29) is 24.5 Å². The molecule has 0 spiro atoms. The van der Waals surface area contributed by atoms with Gasteiger partial charge < -0.3 is 19.9 Å². The molecule has 0 aliphatic carbocycles. The van der Waals surface area contributed by atoms with E-state index in [0.717, 1.165) is 49.9 Å². The molecule has 2 fully saturated rings. The normalized spacial score (nSPS) is 27.4. The van der Waals surface area contributed by atoms with Crippen LogP contribution in [0, 0.1) is 11.6 Å². The van der Waals surface area contributed by atoms with Gasteiger partial charge in [0.05, 0.1) is 12.1 Å². The van der Waals surface area contributed by atoms with Gasteiger partial charge >= 0.3 is 6.03 Å². The number of benzene rings is 1. The van der Waals surface area contributed by atoms with Gasteiger partial charge in [-0.25, -0.2) is 13.6 Å². The van der Waals surface area contributed by atoms with Crippen LogP contribution in [0.3, 0.4) is 0 Å². The third-order valence-corrected chi connectivity index (χ3v) is 6.70. The van der Waals surface area contributed by atoms with Crippen LogP contribution >= 0.6 is 0 Å². The molecular weight excluding hydrogens is 392 g/mol.